The molecule has 116 valence electrons. The van der Waals surface area contributed by atoms with Gasteiger partial charge < -0.3 is 14.4 Å². The summed E-state index contributed by atoms with van der Waals surface area (Å²) in [5.41, 5.74) is 2.73. The standard InChI is InChI=1S/C12H17NO2.C3H8.C2H6/c1-13-5-4-9-6-11(14-2)12(15-3)7-10(9)8-13;1-3-2;1-2/h6-7H,4-5,8H2,1-3H3;3H2,1-2H3;1-2H3. The van der Waals surface area contributed by atoms with Gasteiger partial charge in [0.25, 0.3) is 0 Å². The largest absolute Gasteiger partial charge is 0.493 e. The lowest BCUT2D eigenvalue weighted by atomic mass is 9.99. The molecule has 0 aliphatic carbocycles. The third-order valence-corrected chi connectivity index (χ3v) is 2.91. The predicted molar refractivity (Wildman–Crippen MR) is 86.9 cm³/mol. The Kier molecular flexibility index (Phi) is 9.91. The second-order valence-electron chi connectivity index (χ2n) is 4.67. The molecule has 1 heterocycles. The summed E-state index contributed by atoms with van der Waals surface area (Å²) in [6.07, 6.45) is 2.34. The molecule has 3 heteroatoms. The molecule has 0 bridgehead atoms. The van der Waals surface area contributed by atoms with Crippen molar-refractivity contribution in [1.29, 1.82) is 0 Å². The number of fused-ring (bicyclic) bond motifs is 1. The molecule has 0 spiro atoms. The second kappa shape index (κ2) is 10.6. The van der Waals surface area contributed by atoms with Crippen LogP contribution in [0.3, 0.4) is 0 Å². The van der Waals surface area contributed by atoms with Gasteiger partial charge in [-0.1, -0.05) is 34.1 Å². The molecule has 0 unspecified atom stereocenters. The lowest BCUT2D eigenvalue weighted by molar-refractivity contribution is 0.308. The lowest BCUT2D eigenvalue weighted by Crippen LogP contribution is -2.26. The van der Waals surface area contributed by atoms with E-state index >= 15 is 0 Å². The predicted octanol–water partition coefficient (Wildman–Crippen LogP) is 4.13. The van der Waals surface area contributed by atoms with E-state index in [1.54, 1.807) is 14.2 Å². The van der Waals surface area contributed by atoms with Crippen LogP contribution in [-0.4, -0.2) is 32.7 Å². The molecule has 1 aromatic carbocycles. The zero-order valence-electron chi connectivity index (χ0n) is 14.2. The summed E-state index contributed by atoms with van der Waals surface area (Å²) in [7, 11) is 5.50. The van der Waals surface area contributed by atoms with Crippen LogP contribution >= 0.6 is 0 Å². The maximum absolute atomic E-state index is 5.29. The van der Waals surface area contributed by atoms with Gasteiger partial charge in [0.2, 0.25) is 0 Å². The Balaban J connectivity index is 0.000000641. The van der Waals surface area contributed by atoms with Crippen LogP contribution in [0.4, 0.5) is 0 Å². The van der Waals surface area contributed by atoms with E-state index in [1.165, 1.54) is 17.5 Å². The Morgan fingerprint density at radius 3 is 1.90 bits per heavy atom. The average molecular weight is 281 g/mol. The molecule has 0 atom stereocenters. The van der Waals surface area contributed by atoms with Crippen LogP contribution in [0, 0.1) is 0 Å². The fraction of sp³-hybridized carbons (Fsp3) is 0.647. The number of nitrogens with zero attached hydrogens (tertiary/aromatic N) is 1. The van der Waals surface area contributed by atoms with Crippen LogP contribution in [0.1, 0.15) is 45.2 Å². The third-order valence-electron chi connectivity index (χ3n) is 2.91. The van der Waals surface area contributed by atoms with Gasteiger partial charge in [0, 0.05) is 13.1 Å². The van der Waals surface area contributed by atoms with E-state index in [-0.39, 0.29) is 0 Å². The normalized spacial score (nSPS) is 13.2. The van der Waals surface area contributed by atoms with Crippen LogP contribution < -0.4 is 9.47 Å². The van der Waals surface area contributed by atoms with Crippen LogP contribution in [0.15, 0.2) is 12.1 Å². The first-order valence-electron chi connectivity index (χ1n) is 7.58. The molecule has 3 nitrogen and oxygen atoms in total. The van der Waals surface area contributed by atoms with E-state index in [9.17, 15) is 0 Å². The molecule has 2 rings (SSSR count). The van der Waals surface area contributed by atoms with Crippen molar-refractivity contribution in [3.05, 3.63) is 23.3 Å². The Labute approximate surface area is 124 Å². The average Bonchev–Trinajstić information content (AvgIpc) is 2.48. The third kappa shape index (κ3) is 5.41. The molecule has 0 saturated heterocycles. The number of likely N-dealkylation sites (N-methyl/N-ethyl adjacent to an activating group) is 1. The highest BCUT2D eigenvalue weighted by atomic mass is 16.5. The first-order chi connectivity index (χ1) is 9.65. The lowest BCUT2D eigenvalue weighted by Gasteiger charge is -2.26. The second-order valence-corrected chi connectivity index (χ2v) is 4.67. The van der Waals surface area contributed by atoms with Crippen molar-refractivity contribution in [2.24, 2.45) is 0 Å². The number of ether oxygens (including phenoxy) is 2. The Morgan fingerprint density at radius 2 is 1.45 bits per heavy atom. The number of hydrogen-bond donors (Lipinski definition) is 0. The maximum Gasteiger partial charge on any atom is 0.161 e. The van der Waals surface area contributed by atoms with Crippen molar-refractivity contribution >= 4 is 0 Å². The minimum Gasteiger partial charge on any atom is -0.493 e. The Morgan fingerprint density at radius 1 is 1.00 bits per heavy atom. The number of hydrogen-bond acceptors (Lipinski definition) is 3. The van der Waals surface area contributed by atoms with Crippen LogP contribution in [0.5, 0.6) is 11.5 Å². The maximum atomic E-state index is 5.29. The first kappa shape index (κ1) is 18.8. The molecule has 0 saturated carbocycles. The van der Waals surface area contributed by atoms with Crippen molar-refractivity contribution < 1.29 is 9.47 Å². The summed E-state index contributed by atoms with van der Waals surface area (Å²) in [5, 5.41) is 0. The number of rotatable bonds is 2. The Hall–Kier alpha value is -1.22. The minimum absolute atomic E-state index is 0.826. The molecule has 0 amide bonds. The van der Waals surface area contributed by atoms with Gasteiger partial charge in [0.05, 0.1) is 14.2 Å². The van der Waals surface area contributed by atoms with Gasteiger partial charge in [-0.05, 0) is 36.7 Å². The van der Waals surface area contributed by atoms with Gasteiger partial charge in [0.15, 0.2) is 11.5 Å². The van der Waals surface area contributed by atoms with Gasteiger partial charge in [-0.3, -0.25) is 0 Å². The smallest absolute Gasteiger partial charge is 0.161 e. The van der Waals surface area contributed by atoms with Crippen molar-refractivity contribution in [3.63, 3.8) is 0 Å². The molecular formula is C17H31NO2. The van der Waals surface area contributed by atoms with E-state index < -0.39 is 0 Å². The zero-order valence-corrected chi connectivity index (χ0v) is 14.2. The van der Waals surface area contributed by atoms with E-state index in [1.807, 2.05) is 13.8 Å². The van der Waals surface area contributed by atoms with Crippen LogP contribution in [-0.2, 0) is 13.0 Å². The highest BCUT2D eigenvalue weighted by molar-refractivity contribution is 5.48. The molecule has 1 aromatic rings. The zero-order chi connectivity index (χ0) is 15.5. The van der Waals surface area contributed by atoms with Gasteiger partial charge in [-0.25, -0.2) is 0 Å². The Bertz CT molecular complexity index is 377. The van der Waals surface area contributed by atoms with Gasteiger partial charge in [-0.15, -0.1) is 0 Å². The monoisotopic (exact) mass is 281 g/mol. The van der Waals surface area contributed by atoms with Crippen LogP contribution in [0.25, 0.3) is 0 Å². The highest BCUT2D eigenvalue weighted by Gasteiger charge is 2.16. The molecule has 1 aliphatic heterocycles. The molecule has 0 radical (unpaired) electrons. The SMILES string of the molecule is CC.CCC.COc1cc2c(cc1OC)CN(C)CC2. The molecule has 20 heavy (non-hydrogen) atoms. The summed E-state index contributed by atoms with van der Waals surface area (Å²) in [6, 6.07) is 4.19. The minimum atomic E-state index is 0.826. The molecule has 0 aromatic heterocycles. The number of benzene rings is 1. The number of methoxy groups -OCH3 is 2. The summed E-state index contributed by atoms with van der Waals surface area (Å²) in [5.74, 6) is 1.66. The van der Waals surface area contributed by atoms with E-state index in [2.05, 4.69) is 37.9 Å². The summed E-state index contributed by atoms with van der Waals surface area (Å²) in [4.78, 5) is 2.31. The van der Waals surface area contributed by atoms with Crippen LogP contribution in [0.2, 0.25) is 0 Å². The first-order valence-corrected chi connectivity index (χ1v) is 7.58. The van der Waals surface area contributed by atoms with Gasteiger partial charge in [0.1, 0.15) is 0 Å². The van der Waals surface area contributed by atoms with Crippen molar-refractivity contribution in [3.8, 4) is 11.5 Å². The molecular weight excluding hydrogens is 250 g/mol. The quantitative estimate of drug-likeness (QED) is 0.813. The van der Waals surface area contributed by atoms with E-state index in [4.69, 9.17) is 9.47 Å². The molecule has 0 N–H and O–H groups in total. The summed E-state index contributed by atoms with van der Waals surface area (Å²) in [6.45, 7) is 10.4. The van der Waals surface area contributed by atoms with Crippen molar-refractivity contribution in [1.82, 2.24) is 4.90 Å². The fourth-order valence-electron chi connectivity index (χ4n) is 2.02. The van der Waals surface area contributed by atoms with Gasteiger partial charge in [-0.2, -0.15) is 0 Å². The van der Waals surface area contributed by atoms with Crippen molar-refractivity contribution in [2.45, 2.75) is 47.1 Å². The summed E-state index contributed by atoms with van der Waals surface area (Å²) >= 11 is 0. The fourth-order valence-corrected chi connectivity index (χ4v) is 2.02. The van der Waals surface area contributed by atoms with Gasteiger partial charge >= 0.3 is 0 Å². The summed E-state index contributed by atoms with van der Waals surface area (Å²) < 4.78 is 10.6. The van der Waals surface area contributed by atoms with E-state index in [0.29, 0.717) is 0 Å². The highest BCUT2D eigenvalue weighted by Crippen LogP contribution is 2.32. The molecule has 0 fully saturated rings. The van der Waals surface area contributed by atoms with Crippen molar-refractivity contribution in [2.75, 3.05) is 27.8 Å². The molecule has 1 aliphatic rings. The van der Waals surface area contributed by atoms with E-state index in [0.717, 1.165) is 31.0 Å². The topological polar surface area (TPSA) is 21.7 Å².